The standard InChI is InChI=1S/C14H23N3O3/c1-4-9-15-11-7-6-8-12(13(11)17(19)20)16-10-14(3,18)5-2/h6-8,15-16,18H,4-5,9-10H2,1-3H3. The van der Waals surface area contributed by atoms with Gasteiger partial charge in [-0.3, -0.25) is 10.1 Å². The lowest BCUT2D eigenvalue weighted by molar-refractivity contribution is -0.383. The predicted octanol–water partition coefficient (Wildman–Crippen LogP) is 2.99. The second-order valence-electron chi connectivity index (χ2n) is 5.09. The first-order valence-electron chi connectivity index (χ1n) is 6.88. The first-order chi connectivity index (χ1) is 9.41. The van der Waals surface area contributed by atoms with E-state index in [0.29, 0.717) is 24.3 Å². The molecule has 1 atom stereocenters. The summed E-state index contributed by atoms with van der Waals surface area (Å²) in [7, 11) is 0. The van der Waals surface area contributed by atoms with Crippen molar-refractivity contribution < 1.29 is 10.0 Å². The highest BCUT2D eigenvalue weighted by Gasteiger charge is 2.22. The molecule has 6 nitrogen and oxygen atoms in total. The van der Waals surface area contributed by atoms with Crippen LogP contribution in [-0.2, 0) is 0 Å². The Morgan fingerprint density at radius 3 is 2.40 bits per heavy atom. The van der Waals surface area contributed by atoms with Crippen LogP contribution in [0, 0.1) is 10.1 Å². The average Bonchev–Trinajstić information content (AvgIpc) is 2.42. The number of hydrogen-bond acceptors (Lipinski definition) is 5. The lowest BCUT2D eigenvalue weighted by Gasteiger charge is -2.22. The van der Waals surface area contributed by atoms with Gasteiger partial charge < -0.3 is 15.7 Å². The van der Waals surface area contributed by atoms with Crippen LogP contribution in [0.15, 0.2) is 18.2 Å². The van der Waals surface area contributed by atoms with Crippen molar-refractivity contribution in [2.75, 3.05) is 23.7 Å². The number of nitro benzene ring substituents is 1. The zero-order valence-corrected chi connectivity index (χ0v) is 12.3. The molecule has 0 heterocycles. The van der Waals surface area contributed by atoms with Gasteiger partial charge in [-0.2, -0.15) is 0 Å². The normalized spacial score (nSPS) is 13.6. The highest BCUT2D eigenvalue weighted by Crippen LogP contribution is 2.33. The number of nitrogens with one attached hydrogen (secondary N) is 2. The van der Waals surface area contributed by atoms with Crippen molar-refractivity contribution in [1.29, 1.82) is 0 Å². The van der Waals surface area contributed by atoms with Gasteiger partial charge in [-0.25, -0.2) is 0 Å². The summed E-state index contributed by atoms with van der Waals surface area (Å²) < 4.78 is 0. The van der Waals surface area contributed by atoms with Crippen molar-refractivity contribution in [3.8, 4) is 0 Å². The number of anilines is 2. The number of nitro groups is 1. The average molecular weight is 281 g/mol. The zero-order chi connectivity index (χ0) is 15.2. The number of rotatable bonds is 8. The maximum absolute atomic E-state index is 11.3. The number of para-hydroxylation sites is 1. The molecule has 0 saturated heterocycles. The highest BCUT2D eigenvalue weighted by molar-refractivity contribution is 5.76. The Bertz CT molecular complexity index is 461. The molecular formula is C14H23N3O3. The Labute approximate surface area is 119 Å². The minimum atomic E-state index is -0.888. The molecule has 0 fully saturated rings. The van der Waals surface area contributed by atoms with E-state index in [4.69, 9.17) is 0 Å². The van der Waals surface area contributed by atoms with Gasteiger partial charge in [0.05, 0.1) is 10.5 Å². The van der Waals surface area contributed by atoms with Gasteiger partial charge in [0.2, 0.25) is 0 Å². The van der Waals surface area contributed by atoms with Crippen LogP contribution in [0.4, 0.5) is 17.1 Å². The Kier molecular flexibility index (Phi) is 5.76. The maximum atomic E-state index is 11.3. The minimum Gasteiger partial charge on any atom is -0.388 e. The van der Waals surface area contributed by atoms with E-state index in [1.807, 2.05) is 13.8 Å². The summed E-state index contributed by atoms with van der Waals surface area (Å²) in [6, 6.07) is 5.10. The third-order valence-corrected chi connectivity index (χ3v) is 3.21. The van der Waals surface area contributed by atoms with Crippen LogP contribution in [0.1, 0.15) is 33.6 Å². The lowest BCUT2D eigenvalue weighted by atomic mass is 10.0. The molecule has 0 bridgehead atoms. The van der Waals surface area contributed by atoms with E-state index in [2.05, 4.69) is 10.6 Å². The highest BCUT2D eigenvalue weighted by atomic mass is 16.6. The largest absolute Gasteiger partial charge is 0.388 e. The minimum absolute atomic E-state index is 0.0212. The number of hydrogen-bond donors (Lipinski definition) is 3. The fourth-order valence-corrected chi connectivity index (χ4v) is 1.70. The van der Waals surface area contributed by atoms with Crippen LogP contribution in [0.3, 0.4) is 0 Å². The second kappa shape index (κ2) is 7.09. The molecule has 0 amide bonds. The molecule has 6 heteroatoms. The summed E-state index contributed by atoms with van der Waals surface area (Å²) in [5, 5.41) is 27.3. The molecule has 1 aromatic carbocycles. The van der Waals surface area contributed by atoms with Gasteiger partial charge in [0.15, 0.2) is 0 Å². The Morgan fingerprint density at radius 2 is 1.90 bits per heavy atom. The maximum Gasteiger partial charge on any atom is 0.315 e. The molecule has 0 saturated carbocycles. The number of nitrogens with zero attached hydrogens (tertiary/aromatic N) is 1. The smallest absolute Gasteiger partial charge is 0.315 e. The van der Waals surface area contributed by atoms with Crippen molar-refractivity contribution in [1.82, 2.24) is 0 Å². The van der Waals surface area contributed by atoms with Crippen LogP contribution in [0.2, 0.25) is 0 Å². The van der Waals surface area contributed by atoms with Crippen LogP contribution < -0.4 is 10.6 Å². The molecule has 0 radical (unpaired) electrons. The molecule has 1 aromatic rings. The molecule has 1 unspecified atom stereocenters. The van der Waals surface area contributed by atoms with E-state index >= 15 is 0 Å². The summed E-state index contributed by atoms with van der Waals surface area (Å²) in [5.74, 6) is 0. The quantitative estimate of drug-likeness (QED) is 0.503. The van der Waals surface area contributed by atoms with Crippen molar-refractivity contribution in [3.63, 3.8) is 0 Å². The molecule has 0 aliphatic heterocycles. The lowest BCUT2D eigenvalue weighted by Crippen LogP contribution is -2.32. The second-order valence-corrected chi connectivity index (χ2v) is 5.09. The van der Waals surface area contributed by atoms with Crippen LogP contribution in [0.5, 0.6) is 0 Å². The third-order valence-electron chi connectivity index (χ3n) is 3.21. The van der Waals surface area contributed by atoms with E-state index in [-0.39, 0.29) is 12.2 Å². The van der Waals surface area contributed by atoms with Crippen molar-refractivity contribution in [3.05, 3.63) is 28.3 Å². The van der Waals surface area contributed by atoms with Crippen LogP contribution in [0.25, 0.3) is 0 Å². The fraction of sp³-hybridized carbons (Fsp3) is 0.571. The van der Waals surface area contributed by atoms with E-state index < -0.39 is 10.5 Å². The molecular weight excluding hydrogens is 258 g/mol. The third kappa shape index (κ3) is 4.38. The number of aliphatic hydroxyl groups is 1. The summed E-state index contributed by atoms with van der Waals surface area (Å²) in [4.78, 5) is 10.9. The molecule has 0 aliphatic carbocycles. The Hall–Kier alpha value is -1.82. The van der Waals surface area contributed by atoms with Crippen LogP contribution >= 0.6 is 0 Å². The van der Waals surface area contributed by atoms with Gasteiger partial charge in [-0.15, -0.1) is 0 Å². The fourth-order valence-electron chi connectivity index (χ4n) is 1.70. The summed E-state index contributed by atoms with van der Waals surface area (Å²) >= 11 is 0. The molecule has 0 aromatic heterocycles. The summed E-state index contributed by atoms with van der Waals surface area (Å²) in [6.45, 7) is 6.51. The molecule has 112 valence electrons. The molecule has 1 rings (SSSR count). The molecule has 20 heavy (non-hydrogen) atoms. The van der Waals surface area contributed by atoms with Gasteiger partial charge in [0.25, 0.3) is 0 Å². The zero-order valence-electron chi connectivity index (χ0n) is 12.3. The number of benzene rings is 1. The van der Waals surface area contributed by atoms with Gasteiger partial charge in [0, 0.05) is 13.1 Å². The molecule has 0 spiro atoms. The molecule has 3 N–H and O–H groups in total. The van der Waals surface area contributed by atoms with Crippen molar-refractivity contribution in [2.24, 2.45) is 0 Å². The van der Waals surface area contributed by atoms with E-state index in [1.54, 1.807) is 25.1 Å². The van der Waals surface area contributed by atoms with E-state index in [0.717, 1.165) is 6.42 Å². The SMILES string of the molecule is CCCNc1cccc(NCC(C)(O)CC)c1[N+](=O)[O-]. The van der Waals surface area contributed by atoms with Crippen molar-refractivity contribution in [2.45, 2.75) is 39.2 Å². The van der Waals surface area contributed by atoms with Crippen molar-refractivity contribution >= 4 is 17.1 Å². The van der Waals surface area contributed by atoms with E-state index in [1.165, 1.54) is 0 Å². The van der Waals surface area contributed by atoms with Crippen LogP contribution in [-0.4, -0.2) is 28.7 Å². The van der Waals surface area contributed by atoms with Gasteiger partial charge in [-0.1, -0.05) is 19.9 Å². The first-order valence-corrected chi connectivity index (χ1v) is 6.88. The van der Waals surface area contributed by atoms with Gasteiger partial charge in [-0.05, 0) is 31.9 Å². The Balaban J connectivity index is 2.97. The van der Waals surface area contributed by atoms with E-state index in [9.17, 15) is 15.2 Å². The van der Waals surface area contributed by atoms with Gasteiger partial charge in [0.1, 0.15) is 11.4 Å². The predicted molar refractivity (Wildman–Crippen MR) is 81.3 cm³/mol. The first kappa shape index (κ1) is 16.2. The summed E-state index contributed by atoms with van der Waals surface area (Å²) in [6.07, 6.45) is 1.46. The molecule has 0 aliphatic rings. The topological polar surface area (TPSA) is 87.4 Å². The van der Waals surface area contributed by atoms with Gasteiger partial charge >= 0.3 is 5.69 Å². The Morgan fingerprint density at radius 1 is 1.30 bits per heavy atom. The summed E-state index contributed by atoms with van der Waals surface area (Å²) in [5.41, 5.74) is 0.0523. The monoisotopic (exact) mass is 281 g/mol.